The van der Waals surface area contributed by atoms with Crippen LogP contribution in [0.2, 0.25) is 0 Å². The van der Waals surface area contributed by atoms with Gasteiger partial charge in [0.2, 0.25) is 0 Å². The van der Waals surface area contributed by atoms with Crippen LogP contribution >= 0.6 is 11.8 Å². The minimum absolute atomic E-state index is 0.0435. The van der Waals surface area contributed by atoms with Crippen LogP contribution in [-0.4, -0.2) is 28.2 Å². The van der Waals surface area contributed by atoms with Crippen LogP contribution in [0, 0.1) is 0 Å². The second kappa shape index (κ2) is 5.88. The van der Waals surface area contributed by atoms with Crippen LogP contribution < -0.4 is 0 Å². The maximum atomic E-state index is 10.7. The number of carbonyl (C=O) groups is 2. The van der Waals surface area contributed by atoms with Gasteiger partial charge < -0.3 is 9.84 Å². The maximum absolute atomic E-state index is 10.7. The first-order valence-electron chi connectivity index (χ1n) is 3.59. The minimum Gasteiger partial charge on any atom is -0.481 e. The van der Waals surface area contributed by atoms with Gasteiger partial charge in [-0.05, 0) is 6.92 Å². The molecule has 0 aromatic heterocycles. The van der Waals surface area contributed by atoms with Crippen molar-refractivity contribution in [2.24, 2.45) is 0 Å². The number of aliphatic carboxylic acids is 1. The van der Waals surface area contributed by atoms with E-state index in [2.05, 4.69) is 0 Å². The standard InChI is InChI=1S/C7H12O4S/c1-3-7(10)11-5(2)12-4-6(8)9/h5H,3-4H2,1-2H3,(H,8,9). The normalized spacial score (nSPS) is 12.2. The fraction of sp³-hybridized carbons (Fsp3) is 0.714. The molecular formula is C7H12O4S. The fourth-order valence-corrected chi connectivity index (χ4v) is 1.04. The van der Waals surface area contributed by atoms with E-state index in [1.807, 2.05) is 0 Å². The molecule has 0 aromatic carbocycles. The van der Waals surface area contributed by atoms with Crippen molar-refractivity contribution in [1.29, 1.82) is 0 Å². The van der Waals surface area contributed by atoms with E-state index in [0.29, 0.717) is 6.42 Å². The summed E-state index contributed by atoms with van der Waals surface area (Å²) in [4.78, 5) is 20.8. The molecule has 5 heteroatoms. The molecule has 4 nitrogen and oxygen atoms in total. The Morgan fingerprint density at radius 2 is 2.17 bits per heavy atom. The Labute approximate surface area is 75.3 Å². The van der Waals surface area contributed by atoms with E-state index >= 15 is 0 Å². The van der Waals surface area contributed by atoms with Gasteiger partial charge in [-0.25, -0.2) is 0 Å². The van der Waals surface area contributed by atoms with Gasteiger partial charge in [0.25, 0.3) is 0 Å². The zero-order valence-electron chi connectivity index (χ0n) is 7.07. The van der Waals surface area contributed by atoms with Gasteiger partial charge in [-0.1, -0.05) is 6.92 Å². The van der Waals surface area contributed by atoms with Crippen LogP contribution in [0.1, 0.15) is 20.3 Å². The molecule has 1 atom stereocenters. The topological polar surface area (TPSA) is 63.6 Å². The van der Waals surface area contributed by atoms with Crippen molar-refractivity contribution < 1.29 is 19.4 Å². The molecule has 0 aliphatic heterocycles. The van der Waals surface area contributed by atoms with Crippen molar-refractivity contribution in [3.8, 4) is 0 Å². The first-order chi connectivity index (χ1) is 5.56. The molecule has 0 saturated heterocycles. The Morgan fingerprint density at radius 3 is 2.58 bits per heavy atom. The van der Waals surface area contributed by atoms with E-state index in [4.69, 9.17) is 9.84 Å². The Hall–Kier alpha value is -0.710. The third-order valence-corrected chi connectivity index (χ3v) is 2.01. The van der Waals surface area contributed by atoms with Gasteiger partial charge in [-0.2, -0.15) is 0 Å². The zero-order valence-corrected chi connectivity index (χ0v) is 7.89. The number of hydrogen-bond acceptors (Lipinski definition) is 4. The highest BCUT2D eigenvalue weighted by Crippen LogP contribution is 2.11. The third kappa shape index (κ3) is 6.03. The molecule has 0 fully saturated rings. The number of esters is 1. The first kappa shape index (κ1) is 11.3. The average molecular weight is 192 g/mol. The number of rotatable bonds is 5. The largest absolute Gasteiger partial charge is 0.481 e. The van der Waals surface area contributed by atoms with E-state index in [1.54, 1.807) is 13.8 Å². The molecule has 0 amide bonds. The van der Waals surface area contributed by atoms with E-state index < -0.39 is 5.97 Å². The van der Waals surface area contributed by atoms with Crippen LogP contribution in [0.3, 0.4) is 0 Å². The van der Waals surface area contributed by atoms with E-state index in [1.165, 1.54) is 0 Å². The molecule has 70 valence electrons. The van der Waals surface area contributed by atoms with Crippen LogP contribution in [0.5, 0.6) is 0 Å². The van der Waals surface area contributed by atoms with Gasteiger partial charge in [0.15, 0.2) is 0 Å². The molecule has 12 heavy (non-hydrogen) atoms. The second-order valence-electron chi connectivity index (χ2n) is 2.12. The summed E-state index contributed by atoms with van der Waals surface area (Å²) >= 11 is 1.09. The maximum Gasteiger partial charge on any atom is 0.313 e. The molecule has 0 aliphatic rings. The van der Waals surface area contributed by atoms with Crippen LogP contribution in [0.15, 0.2) is 0 Å². The lowest BCUT2D eigenvalue weighted by Crippen LogP contribution is -2.12. The van der Waals surface area contributed by atoms with Crippen molar-refractivity contribution >= 4 is 23.7 Å². The zero-order chi connectivity index (χ0) is 9.56. The molecule has 1 N–H and O–H groups in total. The van der Waals surface area contributed by atoms with Crippen LogP contribution in [0.4, 0.5) is 0 Å². The summed E-state index contributed by atoms with van der Waals surface area (Å²) in [6, 6.07) is 0. The van der Waals surface area contributed by atoms with E-state index in [-0.39, 0.29) is 17.2 Å². The molecule has 0 spiro atoms. The molecule has 0 heterocycles. The third-order valence-electron chi connectivity index (χ3n) is 1.03. The summed E-state index contributed by atoms with van der Waals surface area (Å²) in [5, 5.41) is 8.29. The van der Waals surface area contributed by atoms with Gasteiger partial charge in [0, 0.05) is 6.42 Å². The lowest BCUT2D eigenvalue weighted by atomic mass is 10.5. The smallest absolute Gasteiger partial charge is 0.313 e. The molecule has 0 bridgehead atoms. The minimum atomic E-state index is -0.903. The molecule has 0 radical (unpaired) electrons. The molecule has 0 aromatic rings. The van der Waals surface area contributed by atoms with Gasteiger partial charge in [0.1, 0.15) is 5.44 Å². The SMILES string of the molecule is CCC(=O)OC(C)SCC(=O)O. The van der Waals surface area contributed by atoms with E-state index in [0.717, 1.165) is 11.8 Å². The highest BCUT2D eigenvalue weighted by atomic mass is 32.2. The summed E-state index contributed by atoms with van der Waals surface area (Å²) in [5.74, 6) is -1.25. The first-order valence-corrected chi connectivity index (χ1v) is 4.64. The Bertz CT molecular complexity index is 169. The molecule has 0 saturated carbocycles. The second-order valence-corrected chi connectivity index (χ2v) is 3.40. The van der Waals surface area contributed by atoms with Crippen molar-refractivity contribution in [1.82, 2.24) is 0 Å². The van der Waals surface area contributed by atoms with Crippen molar-refractivity contribution in [3.05, 3.63) is 0 Å². The summed E-state index contributed by atoms with van der Waals surface area (Å²) in [6.45, 7) is 3.35. The summed E-state index contributed by atoms with van der Waals surface area (Å²) in [6.07, 6.45) is 0.317. The Morgan fingerprint density at radius 1 is 1.58 bits per heavy atom. The van der Waals surface area contributed by atoms with Crippen molar-refractivity contribution in [3.63, 3.8) is 0 Å². The number of thioether (sulfide) groups is 1. The van der Waals surface area contributed by atoms with Gasteiger partial charge in [-0.3, -0.25) is 9.59 Å². The quantitative estimate of drug-likeness (QED) is 0.522. The highest BCUT2D eigenvalue weighted by molar-refractivity contribution is 8.00. The van der Waals surface area contributed by atoms with Gasteiger partial charge in [-0.15, -0.1) is 11.8 Å². The number of carboxylic acids is 1. The lowest BCUT2D eigenvalue weighted by Gasteiger charge is -2.09. The number of ether oxygens (including phenoxy) is 1. The molecule has 1 unspecified atom stereocenters. The molecule has 0 rings (SSSR count). The summed E-state index contributed by atoms with van der Waals surface area (Å²) < 4.78 is 4.81. The monoisotopic (exact) mass is 192 g/mol. The predicted octanol–water partition coefficient (Wildman–Crippen LogP) is 1.10. The van der Waals surface area contributed by atoms with Gasteiger partial charge >= 0.3 is 11.9 Å². The molecule has 0 aliphatic carbocycles. The van der Waals surface area contributed by atoms with Gasteiger partial charge in [0.05, 0.1) is 5.75 Å². The van der Waals surface area contributed by atoms with Crippen molar-refractivity contribution in [2.45, 2.75) is 25.7 Å². The highest BCUT2D eigenvalue weighted by Gasteiger charge is 2.09. The van der Waals surface area contributed by atoms with E-state index in [9.17, 15) is 9.59 Å². The number of hydrogen-bond donors (Lipinski definition) is 1. The Balaban J connectivity index is 3.52. The van der Waals surface area contributed by atoms with Crippen LogP contribution in [-0.2, 0) is 14.3 Å². The molecular weight excluding hydrogens is 180 g/mol. The summed E-state index contributed by atoms with van der Waals surface area (Å²) in [5.41, 5.74) is -0.381. The Kier molecular flexibility index (Phi) is 5.53. The predicted molar refractivity (Wildman–Crippen MR) is 45.9 cm³/mol. The summed E-state index contributed by atoms with van der Waals surface area (Å²) in [7, 11) is 0. The number of carbonyl (C=O) groups excluding carboxylic acids is 1. The average Bonchev–Trinajstić information content (AvgIpc) is 2.00. The lowest BCUT2D eigenvalue weighted by molar-refractivity contribution is -0.144. The number of carboxylic acid groups (broad SMARTS) is 1. The fourth-order valence-electron chi connectivity index (χ4n) is 0.491. The van der Waals surface area contributed by atoms with Crippen molar-refractivity contribution in [2.75, 3.05) is 5.75 Å². The van der Waals surface area contributed by atoms with Crippen LogP contribution in [0.25, 0.3) is 0 Å².